The fourth-order valence-corrected chi connectivity index (χ4v) is 2.44. The van der Waals surface area contributed by atoms with Crippen LogP contribution in [0.3, 0.4) is 0 Å². The second kappa shape index (κ2) is 5.64. The summed E-state index contributed by atoms with van der Waals surface area (Å²) in [5.41, 5.74) is 4.11. The van der Waals surface area contributed by atoms with E-state index in [0.717, 1.165) is 22.4 Å². The van der Waals surface area contributed by atoms with Crippen LogP contribution in [0.2, 0.25) is 0 Å². The number of aromatic nitrogens is 2. The number of pyridine rings is 1. The number of aromatic carboxylic acids is 1. The molecule has 116 valence electrons. The van der Waals surface area contributed by atoms with Gasteiger partial charge in [0, 0.05) is 6.20 Å². The van der Waals surface area contributed by atoms with Crippen LogP contribution in [0, 0.1) is 20.8 Å². The molecular formula is C17H16N4O2. The number of aryl methyl sites for hydroxylation is 3. The molecule has 2 heterocycles. The molecule has 6 heteroatoms. The summed E-state index contributed by atoms with van der Waals surface area (Å²) in [5.74, 6) is -0.902. The third-order valence-electron chi connectivity index (χ3n) is 3.63. The topological polar surface area (TPSA) is 79.3 Å². The molecule has 1 aromatic carbocycles. The Morgan fingerprint density at radius 2 is 1.78 bits per heavy atom. The lowest BCUT2D eigenvalue weighted by Crippen LogP contribution is -1.96. The number of nitrogens with zero attached hydrogens (tertiary/aromatic N) is 4. The zero-order valence-corrected chi connectivity index (χ0v) is 13.1. The number of carboxylic acid groups (broad SMARTS) is 1. The molecule has 0 spiro atoms. The quantitative estimate of drug-likeness (QED) is 0.729. The van der Waals surface area contributed by atoms with E-state index < -0.39 is 5.97 Å². The molecule has 0 saturated carbocycles. The number of benzene rings is 1. The highest BCUT2D eigenvalue weighted by molar-refractivity contribution is 5.91. The lowest BCUT2D eigenvalue weighted by Gasteiger charge is -2.03. The summed E-state index contributed by atoms with van der Waals surface area (Å²) in [6.07, 6.45) is 1.80. The van der Waals surface area contributed by atoms with Crippen molar-refractivity contribution in [2.75, 3.05) is 0 Å². The van der Waals surface area contributed by atoms with Crippen molar-refractivity contribution < 1.29 is 9.90 Å². The number of azo groups is 1. The number of rotatable bonds is 3. The summed E-state index contributed by atoms with van der Waals surface area (Å²) < 4.78 is 1.65. The minimum Gasteiger partial charge on any atom is -0.476 e. The molecule has 0 aliphatic rings. The first kappa shape index (κ1) is 14.9. The summed E-state index contributed by atoms with van der Waals surface area (Å²) in [6.45, 7) is 5.81. The number of carbonyl (C=O) groups is 1. The van der Waals surface area contributed by atoms with Crippen LogP contribution in [0.1, 0.15) is 27.2 Å². The van der Waals surface area contributed by atoms with E-state index in [-0.39, 0.29) is 11.5 Å². The highest BCUT2D eigenvalue weighted by atomic mass is 16.4. The van der Waals surface area contributed by atoms with Gasteiger partial charge >= 0.3 is 5.97 Å². The molecule has 3 rings (SSSR count). The predicted molar refractivity (Wildman–Crippen MR) is 87.0 cm³/mol. The minimum absolute atomic E-state index is 0.106. The molecule has 0 radical (unpaired) electrons. The van der Waals surface area contributed by atoms with Crippen LogP contribution in [0.15, 0.2) is 46.8 Å². The molecule has 0 bridgehead atoms. The molecule has 0 atom stereocenters. The van der Waals surface area contributed by atoms with Gasteiger partial charge in [0.15, 0.2) is 11.5 Å². The van der Waals surface area contributed by atoms with Gasteiger partial charge < -0.3 is 5.11 Å². The van der Waals surface area contributed by atoms with Crippen molar-refractivity contribution in [2.45, 2.75) is 20.8 Å². The molecule has 2 aromatic heterocycles. The van der Waals surface area contributed by atoms with Crippen molar-refractivity contribution in [1.82, 2.24) is 9.38 Å². The third kappa shape index (κ3) is 2.70. The molecule has 3 aromatic rings. The van der Waals surface area contributed by atoms with Crippen molar-refractivity contribution in [3.63, 3.8) is 0 Å². The monoisotopic (exact) mass is 308 g/mol. The Morgan fingerprint density at radius 1 is 1.09 bits per heavy atom. The van der Waals surface area contributed by atoms with Crippen molar-refractivity contribution in [3.8, 4) is 0 Å². The van der Waals surface area contributed by atoms with Crippen LogP contribution in [-0.4, -0.2) is 20.5 Å². The zero-order valence-electron chi connectivity index (χ0n) is 13.1. The Labute approximate surface area is 133 Å². The van der Waals surface area contributed by atoms with Crippen LogP contribution < -0.4 is 0 Å². The van der Waals surface area contributed by atoms with Gasteiger partial charge in [-0.15, -0.1) is 10.2 Å². The summed E-state index contributed by atoms with van der Waals surface area (Å²) in [6, 6.07) is 9.47. The highest BCUT2D eigenvalue weighted by Crippen LogP contribution is 2.28. The second-order valence-electron chi connectivity index (χ2n) is 5.46. The molecule has 0 amide bonds. The van der Waals surface area contributed by atoms with E-state index in [2.05, 4.69) is 15.2 Å². The Hall–Kier alpha value is -3.02. The van der Waals surface area contributed by atoms with Gasteiger partial charge in [0.25, 0.3) is 0 Å². The number of hydrogen-bond acceptors (Lipinski definition) is 4. The van der Waals surface area contributed by atoms with E-state index in [9.17, 15) is 9.90 Å². The Balaban J connectivity index is 2.19. The predicted octanol–water partition coefficient (Wildman–Crippen LogP) is 4.37. The van der Waals surface area contributed by atoms with Gasteiger partial charge in [0.2, 0.25) is 0 Å². The molecule has 0 aliphatic heterocycles. The lowest BCUT2D eigenvalue weighted by atomic mass is 10.1. The smallest absolute Gasteiger partial charge is 0.358 e. The first-order chi connectivity index (χ1) is 11.0. The summed E-state index contributed by atoms with van der Waals surface area (Å²) >= 11 is 0. The van der Waals surface area contributed by atoms with Crippen LogP contribution in [0.4, 0.5) is 11.5 Å². The standard InChI is InChI=1S/C17H16N4O2/c1-10-7-8-13-18-15(17(22)23)16(21(13)9-10)20-19-14-11(2)5-4-6-12(14)3/h4-9H,1-3H3,(H,22,23). The maximum atomic E-state index is 11.4. The first-order valence-corrected chi connectivity index (χ1v) is 7.17. The Kier molecular flexibility index (Phi) is 3.65. The number of carboxylic acids is 1. The second-order valence-corrected chi connectivity index (χ2v) is 5.46. The molecule has 1 N–H and O–H groups in total. The van der Waals surface area contributed by atoms with Crippen molar-refractivity contribution in [1.29, 1.82) is 0 Å². The minimum atomic E-state index is -1.12. The van der Waals surface area contributed by atoms with Gasteiger partial charge in [0.05, 0.1) is 5.69 Å². The normalized spacial score (nSPS) is 11.4. The largest absolute Gasteiger partial charge is 0.476 e. The zero-order chi connectivity index (χ0) is 16.6. The van der Waals surface area contributed by atoms with Gasteiger partial charge in [-0.3, -0.25) is 4.40 Å². The fourth-order valence-electron chi connectivity index (χ4n) is 2.44. The van der Waals surface area contributed by atoms with Crippen molar-refractivity contribution in [2.24, 2.45) is 10.2 Å². The molecule has 0 saturated heterocycles. The van der Waals surface area contributed by atoms with E-state index in [1.54, 1.807) is 16.7 Å². The fraction of sp³-hybridized carbons (Fsp3) is 0.176. The molecule has 0 unspecified atom stereocenters. The van der Waals surface area contributed by atoms with Crippen molar-refractivity contribution in [3.05, 3.63) is 58.9 Å². The van der Waals surface area contributed by atoms with E-state index in [0.29, 0.717) is 5.65 Å². The maximum absolute atomic E-state index is 11.4. The molecule has 0 aliphatic carbocycles. The lowest BCUT2D eigenvalue weighted by molar-refractivity contribution is 0.0692. The van der Waals surface area contributed by atoms with Crippen molar-refractivity contribution >= 4 is 23.1 Å². The number of fused-ring (bicyclic) bond motifs is 1. The first-order valence-electron chi connectivity index (χ1n) is 7.17. The molecule has 6 nitrogen and oxygen atoms in total. The van der Waals surface area contributed by atoms with Crippen LogP contribution in [0.25, 0.3) is 5.65 Å². The van der Waals surface area contributed by atoms with E-state index in [1.807, 2.05) is 45.0 Å². The highest BCUT2D eigenvalue weighted by Gasteiger charge is 2.18. The average Bonchev–Trinajstić information content (AvgIpc) is 2.85. The maximum Gasteiger partial charge on any atom is 0.358 e. The Bertz CT molecular complexity index is 921. The van der Waals surface area contributed by atoms with Gasteiger partial charge in [-0.05, 0) is 43.5 Å². The van der Waals surface area contributed by atoms with E-state index in [1.165, 1.54) is 0 Å². The van der Waals surface area contributed by atoms with Crippen LogP contribution in [-0.2, 0) is 0 Å². The summed E-state index contributed by atoms with van der Waals surface area (Å²) in [5, 5.41) is 17.8. The molecule has 23 heavy (non-hydrogen) atoms. The summed E-state index contributed by atoms with van der Waals surface area (Å²) in [7, 11) is 0. The SMILES string of the molecule is Cc1ccc2nc(C(=O)O)c(N=Nc3c(C)cccc3C)n2c1. The van der Waals surface area contributed by atoms with Gasteiger partial charge in [-0.1, -0.05) is 24.3 Å². The molecular weight excluding hydrogens is 292 g/mol. The van der Waals surface area contributed by atoms with E-state index >= 15 is 0 Å². The molecule has 0 fully saturated rings. The van der Waals surface area contributed by atoms with E-state index in [4.69, 9.17) is 0 Å². The third-order valence-corrected chi connectivity index (χ3v) is 3.63. The number of hydrogen-bond donors (Lipinski definition) is 1. The summed E-state index contributed by atoms with van der Waals surface area (Å²) in [4.78, 5) is 15.6. The van der Waals surface area contributed by atoms with Gasteiger partial charge in [0.1, 0.15) is 5.65 Å². The van der Waals surface area contributed by atoms with Crippen LogP contribution in [0.5, 0.6) is 0 Å². The Morgan fingerprint density at radius 3 is 2.43 bits per heavy atom. The average molecular weight is 308 g/mol. The number of imidazole rings is 1. The van der Waals surface area contributed by atoms with Gasteiger partial charge in [-0.25, -0.2) is 9.78 Å². The van der Waals surface area contributed by atoms with Gasteiger partial charge in [-0.2, -0.15) is 0 Å². The van der Waals surface area contributed by atoms with Crippen LogP contribution >= 0.6 is 0 Å².